The van der Waals surface area contributed by atoms with Crippen molar-refractivity contribution in [3.8, 4) is 0 Å². The van der Waals surface area contributed by atoms with Crippen LogP contribution < -0.4 is 11.1 Å². The van der Waals surface area contributed by atoms with Gasteiger partial charge in [0.05, 0.1) is 0 Å². The van der Waals surface area contributed by atoms with Crippen LogP contribution in [0, 0.1) is 0 Å². The van der Waals surface area contributed by atoms with E-state index in [2.05, 4.69) is 5.32 Å². The lowest BCUT2D eigenvalue weighted by molar-refractivity contribution is -0.130. The second-order valence-corrected chi connectivity index (χ2v) is 6.62. The Morgan fingerprint density at radius 2 is 2.10 bits per heavy atom. The SMILES string of the molecule is CC1(C)NC(=O)N(CCSc2ccc(Cl)cc2N)C1=O. The third kappa shape index (κ3) is 3.02. The molecule has 1 aromatic carbocycles. The molecule has 1 aromatic rings. The molecule has 0 aliphatic carbocycles. The van der Waals surface area contributed by atoms with E-state index in [0.29, 0.717) is 23.0 Å². The molecule has 0 aromatic heterocycles. The van der Waals surface area contributed by atoms with Crippen LogP contribution in [-0.4, -0.2) is 34.7 Å². The van der Waals surface area contributed by atoms with Crippen molar-refractivity contribution >= 4 is 41.0 Å². The molecule has 3 amide bonds. The minimum absolute atomic E-state index is 0.202. The van der Waals surface area contributed by atoms with Crippen molar-refractivity contribution in [1.82, 2.24) is 10.2 Å². The van der Waals surface area contributed by atoms with Gasteiger partial charge in [-0.25, -0.2) is 4.79 Å². The fraction of sp³-hybridized carbons (Fsp3) is 0.385. The largest absolute Gasteiger partial charge is 0.398 e. The number of hydrogen-bond donors (Lipinski definition) is 2. The molecule has 0 saturated carbocycles. The maximum atomic E-state index is 12.0. The average Bonchev–Trinajstić information content (AvgIpc) is 2.53. The van der Waals surface area contributed by atoms with Crippen molar-refractivity contribution in [3.63, 3.8) is 0 Å². The summed E-state index contributed by atoms with van der Waals surface area (Å²) in [5.41, 5.74) is 5.63. The summed E-state index contributed by atoms with van der Waals surface area (Å²) in [6.07, 6.45) is 0. The van der Waals surface area contributed by atoms with Gasteiger partial charge in [-0.3, -0.25) is 9.69 Å². The molecule has 0 spiro atoms. The van der Waals surface area contributed by atoms with Gasteiger partial charge in [-0.15, -0.1) is 11.8 Å². The Bertz CT molecular complexity index is 563. The van der Waals surface area contributed by atoms with Crippen LogP contribution in [0.5, 0.6) is 0 Å². The number of anilines is 1. The van der Waals surface area contributed by atoms with E-state index in [1.807, 2.05) is 6.07 Å². The molecular formula is C13H16ClN3O2S. The third-order valence-corrected chi connectivity index (χ3v) is 4.29. The van der Waals surface area contributed by atoms with E-state index in [1.54, 1.807) is 26.0 Å². The number of halogens is 1. The van der Waals surface area contributed by atoms with Crippen molar-refractivity contribution in [2.45, 2.75) is 24.3 Å². The van der Waals surface area contributed by atoms with E-state index in [0.717, 1.165) is 4.90 Å². The Morgan fingerprint density at radius 1 is 1.40 bits per heavy atom. The first-order valence-corrected chi connectivity index (χ1v) is 7.49. The highest BCUT2D eigenvalue weighted by atomic mass is 35.5. The maximum Gasteiger partial charge on any atom is 0.325 e. The number of hydrogen-bond acceptors (Lipinski definition) is 4. The van der Waals surface area contributed by atoms with Gasteiger partial charge in [0.2, 0.25) is 0 Å². The molecule has 108 valence electrons. The number of nitrogen functional groups attached to an aromatic ring is 1. The van der Waals surface area contributed by atoms with E-state index in [1.165, 1.54) is 16.7 Å². The highest BCUT2D eigenvalue weighted by Crippen LogP contribution is 2.28. The molecule has 20 heavy (non-hydrogen) atoms. The summed E-state index contributed by atoms with van der Waals surface area (Å²) in [5.74, 6) is 0.383. The molecule has 1 fully saturated rings. The molecule has 1 aliphatic rings. The van der Waals surface area contributed by atoms with Crippen LogP contribution in [0.25, 0.3) is 0 Å². The average molecular weight is 314 g/mol. The molecule has 0 bridgehead atoms. The number of imide groups is 1. The van der Waals surface area contributed by atoms with Crippen LogP contribution in [-0.2, 0) is 4.79 Å². The van der Waals surface area contributed by atoms with E-state index in [9.17, 15) is 9.59 Å². The molecule has 1 aliphatic heterocycles. The second kappa shape index (κ2) is 5.54. The van der Waals surface area contributed by atoms with E-state index >= 15 is 0 Å². The Kier molecular flexibility index (Phi) is 4.15. The quantitative estimate of drug-likeness (QED) is 0.508. The number of benzene rings is 1. The van der Waals surface area contributed by atoms with Crippen molar-refractivity contribution in [2.75, 3.05) is 18.0 Å². The normalized spacial score (nSPS) is 17.4. The zero-order valence-corrected chi connectivity index (χ0v) is 12.8. The lowest BCUT2D eigenvalue weighted by Crippen LogP contribution is -2.40. The fourth-order valence-electron chi connectivity index (χ4n) is 1.92. The van der Waals surface area contributed by atoms with Gasteiger partial charge in [0.15, 0.2) is 0 Å². The van der Waals surface area contributed by atoms with Crippen molar-refractivity contribution in [3.05, 3.63) is 23.2 Å². The summed E-state index contributed by atoms with van der Waals surface area (Å²) in [7, 11) is 0. The highest BCUT2D eigenvalue weighted by Gasteiger charge is 2.43. The minimum atomic E-state index is -0.818. The van der Waals surface area contributed by atoms with Crippen LogP contribution in [0.4, 0.5) is 10.5 Å². The summed E-state index contributed by atoms with van der Waals surface area (Å²) in [4.78, 5) is 25.8. The van der Waals surface area contributed by atoms with Crippen LogP contribution in [0.15, 0.2) is 23.1 Å². The third-order valence-electron chi connectivity index (χ3n) is 2.99. The van der Waals surface area contributed by atoms with Gasteiger partial charge in [0.25, 0.3) is 5.91 Å². The molecule has 7 heteroatoms. The highest BCUT2D eigenvalue weighted by molar-refractivity contribution is 7.99. The monoisotopic (exact) mass is 313 g/mol. The summed E-state index contributed by atoms with van der Waals surface area (Å²) in [6, 6.07) is 4.93. The zero-order valence-electron chi connectivity index (χ0n) is 11.3. The molecule has 2 rings (SSSR count). The summed E-state index contributed by atoms with van der Waals surface area (Å²) in [6.45, 7) is 3.73. The first kappa shape index (κ1) is 15.0. The second-order valence-electron chi connectivity index (χ2n) is 5.04. The predicted molar refractivity (Wildman–Crippen MR) is 80.9 cm³/mol. The predicted octanol–water partition coefficient (Wildman–Crippen LogP) is 2.34. The number of nitrogens with two attached hydrogens (primary N) is 1. The molecule has 0 atom stereocenters. The standard InChI is InChI=1S/C13H16ClN3O2S/c1-13(2)11(18)17(12(19)16-13)5-6-20-10-4-3-8(14)7-9(10)15/h3-4,7H,5-6,15H2,1-2H3,(H,16,19). The van der Waals surface area contributed by atoms with E-state index in [4.69, 9.17) is 17.3 Å². The van der Waals surface area contributed by atoms with Gasteiger partial charge >= 0.3 is 6.03 Å². The van der Waals surface area contributed by atoms with Crippen LogP contribution in [0.2, 0.25) is 5.02 Å². The molecule has 5 nitrogen and oxygen atoms in total. The molecule has 1 heterocycles. The number of urea groups is 1. The smallest absolute Gasteiger partial charge is 0.325 e. The summed E-state index contributed by atoms with van der Waals surface area (Å²) >= 11 is 7.32. The first-order valence-electron chi connectivity index (χ1n) is 6.13. The number of carbonyl (C=O) groups is 2. The first-order chi connectivity index (χ1) is 9.31. The lowest BCUT2D eigenvalue weighted by atomic mass is 10.1. The summed E-state index contributed by atoms with van der Waals surface area (Å²) < 4.78 is 0. The van der Waals surface area contributed by atoms with E-state index < -0.39 is 5.54 Å². The van der Waals surface area contributed by atoms with Crippen LogP contribution in [0.3, 0.4) is 0 Å². The topological polar surface area (TPSA) is 75.4 Å². The Labute approximate surface area is 126 Å². The molecule has 1 saturated heterocycles. The number of rotatable bonds is 4. The molecule has 0 unspecified atom stereocenters. The number of thioether (sulfide) groups is 1. The maximum absolute atomic E-state index is 12.0. The van der Waals surface area contributed by atoms with Gasteiger partial charge in [0.1, 0.15) is 5.54 Å². The van der Waals surface area contributed by atoms with Crippen LogP contribution in [0.1, 0.15) is 13.8 Å². The van der Waals surface area contributed by atoms with Gasteiger partial charge in [-0.2, -0.15) is 0 Å². The van der Waals surface area contributed by atoms with Crippen molar-refractivity contribution in [1.29, 1.82) is 0 Å². The number of amides is 3. The van der Waals surface area contributed by atoms with Gasteiger partial charge in [-0.1, -0.05) is 11.6 Å². The lowest BCUT2D eigenvalue weighted by Gasteiger charge is -2.15. The van der Waals surface area contributed by atoms with Crippen molar-refractivity contribution in [2.24, 2.45) is 0 Å². The Balaban J connectivity index is 1.93. The molecule has 0 radical (unpaired) electrons. The molecular weight excluding hydrogens is 298 g/mol. The zero-order chi connectivity index (χ0) is 14.9. The van der Waals surface area contributed by atoms with Crippen LogP contribution >= 0.6 is 23.4 Å². The van der Waals surface area contributed by atoms with E-state index in [-0.39, 0.29) is 11.9 Å². The summed E-state index contributed by atoms with van der Waals surface area (Å²) in [5, 5.41) is 3.23. The van der Waals surface area contributed by atoms with Crippen molar-refractivity contribution < 1.29 is 9.59 Å². The van der Waals surface area contributed by atoms with Gasteiger partial charge in [-0.05, 0) is 32.0 Å². The molecule has 3 N–H and O–H groups in total. The fourth-order valence-corrected chi connectivity index (χ4v) is 2.98. The Morgan fingerprint density at radius 3 is 2.65 bits per heavy atom. The number of nitrogens with zero attached hydrogens (tertiary/aromatic N) is 1. The van der Waals surface area contributed by atoms with Gasteiger partial charge < -0.3 is 11.1 Å². The number of nitrogens with one attached hydrogen (secondary N) is 1. The minimum Gasteiger partial charge on any atom is -0.398 e. The van der Waals surface area contributed by atoms with Gasteiger partial charge in [0, 0.05) is 27.9 Å². The Hall–Kier alpha value is -1.40. The number of carbonyl (C=O) groups excluding carboxylic acids is 2.